The highest BCUT2D eigenvalue weighted by Crippen LogP contribution is 2.32. The van der Waals surface area contributed by atoms with Crippen LogP contribution < -0.4 is 0 Å². The molecule has 6 heteroatoms. The molecule has 0 radical (unpaired) electrons. The number of rotatable bonds is 5. The van der Waals surface area contributed by atoms with Gasteiger partial charge in [0, 0.05) is 5.56 Å². The van der Waals surface area contributed by atoms with E-state index in [0.717, 1.165) is 10.2 Å². The summed E-state index contributed by atoms with van der Waals surface area (Å²) < 4.78 is 19.9. The number of ketones is 1. The zero-order valence-corrected chi connectivity index (χ0v) is 15.4. The number of ether oxygens (including phenoxy) is 1. The van der Waals surface area contributed by atoms with E-state index in [4.69, 9.17) is 4.74 Å². The molecule has 0 fully saturated rings. The number of halogens is 1. The third-order valence-corrected chi connectivity index (χ3v) is 5.25. The minimum atomic E-state index is -0.653. The minimum absolute atomic E-state index is 0.102. The summed E-state index contributed by atoms with van der Waals surface area (Å²) in [6, 6.07) is 20.2. The first-order chi connectivity index (χ1) is 13.6. The van der Waals surface area contributed by atoms with Gasteiger partial charge in [0.1, 0.15) is 10.8 Å². The van der Waals surface area contributed by atoms with Crippen molar-refractivity contribution < 1.29 is 18.7 Å². The van der Waals surface area contributed by atoms with Crippen LogP contribution in [0.15, 0.2) is 72.8 Å². The van der Waals surface area contributed by atoms with Crippen LogP contribution in [0, 0.1) is 5.82 Å². The maximum atomic E-state index is 13.7. The van der Waals surface area contributed by atoms with E-state index in [2.05, 4.69) is 4.98 Å². The maximum absolute atomic E-state index is 13.7. The summed E-state index contributed by atoms with van der Waals surface area (Å²) in [5.41, 5.74) is 1.69. The number of carbonyl (C=O) groups excluding carboxylic acids is 2. The van der Waals surface area contributed by atoms with Gasteiger partial charge in [0.25, 0.3) is 0 Å². The molecular weight excluding hydrogens is 377 g/mol. The van der Waals surface area contributed by atoms with Crippen molar-refractivity contribution >= 4 is 33.3 Å². The Balaban J connectivity index is 1.57. The molecular formula is C22H14FNO3S. The number of aromatic nitrogens is 1. The summed E-state index contributed by atoms with van der Waals surface area (Å²) >= 11 is 1.47. The van der Waals surface area contributed by atoms with E-state index in [0.29, 0.717) is 16.1 Å². The minimum Gasteiger partial charge on any atom is -0.454 e. The Labute approximate surface area is 164 Å². The standard InChI is InChI=1S/C22H14FNO3S/c23-17-10-4-3-9-16(17)19(25)13-27-22(26)15-8-2-1-7-14(15)21-24-18-11-5-6-12-20(18)28-21/h1-12H,13H2. The predicted octanol–water partition coefficient (Wildman–Crippen LogP) is 5.14. The van der Waals surface area contributed by atoms with Gasteiger partial charge in [-0.2, -0.15) is 0 Å². The highest BCUT2D eigenvalue weighted by atomic mass is 32.1. The third-order valence-electron chi connectivity index (χ3n) is 4.18. The van der Waals surface area contributed by atoms with Gasteiger partial charge in [-0.05, 0) is 30.3 Å². The Bertz CT molecular complexity index is 1150. The largest absolute Gasteiger partial charge is 0.454 e. The molecule has 0 aliphatic carbocycles. The predicted molar refractivity (Wildman–Crippen MR) is 106 cm³/mol. The highest BCUT2D eigenvalue weighted by molar-refractivity contribution is 7.21. The van der Waals surface area contributed by atoms with Crippen LogP contribution in [0.1, 0.15) is 20.7 Å². The Morgan fingerprint density at radius 2 is 1.57 bits per heavy atom. The van der Waals surface area contributed by atoms with Gasteiger partial charge in [0.2, 0.25) is 5.78 Å². The number of hydrogen-bond acceptors (Lipinski definition) is 5. The zero-order chi connectivity index (χ0) is 19.5. The second-order valence-corrected chi connectivity index (χ2v) is 7.04. The van der Waals surface area contributed by atoms with Gasteiger partial charge in [-0.1, -0.05) is 42.5 Å². The second kappa shape index (κ2) is 7.70. The van der Waals surface area contributed by atoms with Crippen LogP contribution in [-0.2, 0) is 4.74 Å². The molecule has 0 atom stereocenters. The summed E-state index contributed by atoms with van der Waals surface area (Å²) in [7, 11) is 0. The number of para-hydroxylation sites is 1. The first-order valence-electron chi connectivity index (χ1n) is 8.53. The Morgan fingerprint density at radius 3 is 2.36 bits per heavy atom. The molecule has 4 rings (SSSR count). The molecule has 0 unspecified atom stereocenters. The molecule has 0 spiro atoms. The molecule has 138 valence electrons. The van der Waals surface area contributed by atoms with Gasteiger partial charge >= 0.3 is 5.97 Å². The van der Waals surface area contributed by atoms with Crippen LogP contribution in [-0.4, -0.2) is 23.3 Å². The van der Waals surface area contributed by atoms with Gasteiger partial charge < -0.3 is 4.74 Å². The quantitative estimate of drug-likeness (QED) is 0.349. The number of Topliss-reactive ketones (excluding diaryl/α,β-unsaturated/α-hetero) is 1. The summed E-state index contributed by atoms with van der Waals surface area (Å²) in [5, 5.41) is 0.689. The molecule has 4 nitrogen and oxygen atoms in total. The molecule has 0 aliphatic heterocycles. The monoisotopic (exact) mass is 391 g/mol. The van der Waals surface area contributed by atoms with Crippen LogP contribution in [0.5, 0.6) is 0 Å². The van der Waals surface area contributed by atoms with Gasteiger partial charge in [-0.15, -0.1) is 11.3 Å². The fourth-order valence-electron chi connectivity index (χ4n) is 2.81. The molecule has 4 aromatic rings. The molecule has 0 saturated heterocycles. The van der Waals surface area contributed by atoms with E-state index >= 15 is 0 Å². The van der Waals surface area contributed by atoms with Crippen molar-refractivity contribution in [2.45, 2.75) is 0 Å². The van der Waals surface area contributed by atoms with E-state index in [-0.39, 0.29) is 5.56 Å². The number of esters is 1. The lowest BCUT2D eigenvalue weighted by Gasteiger charge is -2.08. The summed E-state index contributed by atoms with van der Waals surface area (Å²) in [6.07, 6.45) is 0. The number of carbonyl (C=O) groups is 2. The van der Waals surface area contributed by atoms with E-state index in [1.165, 1.54) is 29.5 Å². The Hall–Kier alpha value is -3.38. The van der Waals surface area contributed by atoms with Gasteiger partial charge in [-0.25, -0.2) is 14.2 Å². The fraction of sp³-hybridized carbons (Fsp3) is 0.0455. The van der Waals surface area contributed by atoms with Crippen molar-refractivity contribution in [2.75, 3.05) is 6.61 Å². The van der Waals surface area contributed by atoms with Crippen LogP contribution >= 0.6 is 11.3 Å². The number of fused-ring (bicyclic) bond motifs is 1. The van der Waals surface area contributed by atoms with Crippen LogP contribution in [0.4, 0.5) is 4.39 Å². The van der Waals surface area contributed by atoms with Crippen LogP contribution in [0.3, 0.4) is 0 Å². The molecule has 1 heterocycles. The lowest BCUT2D eigenvalue weighted by Crippen LogP contribution is -2.16. The SMILES string of the molecule is O=C(COC(=O)c1ccccc1-c1nc2ccccc2s1)c1ccccc1F. The average Bonchev–Trinajstić information content (AvgIpc) is 3.16. The lowest BCUT2D eigenvalue weighted by atomic mass is 10.1. The van der Waals surface area contributed by atoms with E-state index in [9.17, 15) is 14.0 Å². The van der Waals surface area contributed by atoms with Crippen molar-refractivity contribution in [3.05, 3.63) is 89.7 Å². The molecule has 3 aromatic carbocycles. The molecule has 28 heavy (non-hydrogen) atoms. The fourth-order valence-corrected chi connectivity index (χ4v) is 3.81. The third kappa shape index (κ3) is 3.54. The first kappa shape index (κ1) is 18.0. The van der Waals surface area contributed by atoms with Crippen molar-refractivity contribution in [2.24, 2.45) is 0 Å². The zero-order valence-electron chi connectivity index (χ0n) is 14.6. The number of benzene rings is 3. The van der Waals surface area contributed by atoms with Gasteiger partial charge in [-0.3, -0.25) is 4.79 Å². The normalized spacial score (nSPS) is 10.8. The topological polar surface area (TPSA) is 56.3 Å². The van der Waals surface area contributed by atoms with Crippen molar-refractivity contribution in [3.8, 4) is 10.6 Å². The smallest absolute Gasteiger partial charge is 0.339 e. The maximum Gasteiger partial charge on any atom is 0.339 e. The summed E-state index contributed by atoms with van der Waals surface area (Å²) in [6.45, 7) is -0.534. The number of hydrogen-bond donors (Lipinski definition) is 0. The lowest BCUT2D eigenvalue weighted by molar-refractivity contribution is 0.0474. The van der Waals surface area contributed by atoms with E-state index < -0.39 is 24.2 Å². The highest BCUT2D eigenvalue weighted by Gasteiger charge is 2.19. The van der Waals surface area contributed by atoms with Crippen molar-refractivity contribution in [3.63, 3.8) is 0 Å². The summed E-state index contributed by atoms with van der Waals surface area (Å²) in [5.74, 6) is -1.89. The van der Waals surface area contributed by atoms with Crippen LogP contribution in [0.25, 0.3) is 20.8 Å². The van der Waals surface area contributed by atoms with Crippen LogP contribution in [0.2, 0.25) is 0 Å². The van der Waals surface area contributed by atoms with Crippen molar-refractivity contribution in [1.82, 2.24) is 4.98 Å². The molecule has 0 amide bonds. The second-order valence-electron chi connectivity index (χ2n) is 6.01. The summed E-state index contributed by atoms with van der Waals surface area (Å²) in [4.78, 5) is 29.3. The van der Waals surface area contributed by atoms with Gasteiger partial charge in [0.15, 0.2) is 6.61 Å². The number of thiazole rings is 1. The van der Waals surface area contributed by atoms with Gasteiger partial charge in [0.05, 0.1) is 21.3 Å². The Morgan fingerprint density at radius 1 is 0.893 bits per heavy atom. The first-order valence-corrected chi connectivity index (χ1v) is 9.35. The van der Waals surface area contributed by atoms with E-state index in [1.807, 2.05) is 30.3 Å². The molecule has 0 bridgehead atoms. The molecule has 0 saturated carbocycles. The number of nitrogens with zero attached hydrogens (tertiary/aromatic N) is 1. The molecule has 0 aliphatic rings. The van der Waals surface area contributed by atoms with E-state index in [1.54, 1.807) is 24.3 Å². The molecule has 1 aromatic heterocycles. The Kier molecular flexibility index (Phi) is 4.95. The average molecular weight is 391 g/mol. The van der Waals surface area contributed by atoms with Crippen molar-refractivity contribution in [1.29, 1.82) is 0 Å². The molecule has 0 N–H and O–H groups in total.